The molecule has 0 fully saturated rings. The molecule has 1 aromatic carbocycles. The molecule has 1 aromatic heterocycles. The fourth-order valence-corrected chi connectivity index (χ4v) is 3.49. The van der Waals surface area contributed by atoms with Crippen molar-refractivity contribution in [3.8, 4) is 0 Å². The van der Waals surface area contributed by atoms with E-state index in [-0.39, 0.29) is 37.1 Å². The number of ether oxygens (including phenoxy) is 1. The molecule has 5 nitrogen and oxygen atoms in total. The van der Waals surface area contributed by atoms with Crippen molar-refractivity contribution >= 4 is 34.7 Å². The van der Waals surface area contributed by atoms with Gasteiger partial charge in [0, 0.05) is 17.0 Å². The number of ketones is 1. The number of benzene rings is 1. The normalized spacial score (nSPS) is 10.7. The van der Waals surface area contributed by atoms with E-state index in [4.69, 9.17) is 4.74 Å². The minimum Gasteiger partial charge on any atom is -0.456 e. The van der Waals surface area contributed by atoms with Crippen molar-refractivity contribution in [2.45, 2.75) is 46.5 Å². The van der Waals surface area contributed by atoms with E-state index in [1.807, 2.05) is 38.1 Å². The van der Waals surface area contributed by atoms with Crippen LogP contribution in [-0.4, -0.2) is 24.3 Å². The molecular formula is C21H25NO4S. The smallest absolute Gasteiger partial charge is 0.306 e. The summed E-state index contributed by atoms with van der Waals surface area (Å²) in [5.41, 5.74) is 2.75. The minimum atomic E-state index is -0.555. The molecule has 0 aliphatic rings. The molecular weight excluding hydrogens is 362 g/mol. The van der Waals surface area contributed by atoms with Gasteiger partial charge in [-0.2, -0.15) is 0 Å². The van der Waals surface area contributed by atoms with Gasteiger partial charge < -0.3 is 10.1 Å². The molecule has 0 saturated carbocycles. The molecule has 0 aliphatic heterocycles. The highest BCUT2D eigenvalue weighted by molar-refractivity contribution is 7.14. The van der Waals surface area contributed by atoms with E-state index in [0.717, 1.165) is 21.7 Å². The molecule has 1 amide bonds. The number of para-hydroxylation sites is 1. The Labute approximate surface area is 163 Å². The van der Waals surface area contributed by atoms with Gasteiger partial charge in [-0.1, -0.05) is 32.0 Å². The van der Waals surface area contributed by atoms with E-state index in [1.54, 1.807) is 6.07 Å². The van der Waals surface area contributed by atoms with E-state index in [0.29, 0.717) is 4.88 Å². The molecule has 0 bridgehead atoms. The summed E-state index contributed by atoms with van der Waals surface area (Å²) in [4.78, 5) is 37.7. The van der Waals surface area contributed by atoms with Crippen molar-refractivity contribution in [1.82, 2.24) is 0 Å². The molecule has 27 heavy (non-hydrogen) atoms. The Morgan fingerprint density at radius 2 is 1.81 bits per heavy atom. The molecule has 144 valence electrons. The maximum Gasteiger partial charge on any atom is 0.306 e. The van der Waals surface area contributed by atoms with Gasteiger partial charge in [0.25, 0.3) is 5.91 Å². The second-order valence-electron chi connectivity index (χ2n) is 6.74. The molecule has 1 heterocycles. The van der Waals surface area contributed by atoms with Crippen molar-refractivity contribution in [1.29, 1.82) is 0 Å². The molecule has 6 heteroatoms. The lowest BCUT2D eigenvalue weighted by Crippen LogP contribution is -2.22. The first kappa shape index (κ1) is 20.8. The summed E-state index contributed by atoms with van der Waals surface area (Å²) in [5.74, 6) is -0.772. The average Bonchev–Trinajstić information content (AvgIpc) is 3.06. The largest absolute Gasteiger partial charge is 0.456 e. The van der Waals surface area contributed by atoms with Crippen LogP contribution in [0.4, 0.5) is 5.69 Å². The van der Waals surface area contributed by atoms with Gasteiger partial charge >= 0.3 is 5.97 Å². The van der Waals surface area contributed by atoms with Crippen LogP contribution in [0, 0.1) is 13.8 Å². The fraction of sp³-hybridized carbons (Fsp3) is 0.381. The number of carbonyl (C=O) groups is 3. The van der Waals surface area contributed by atoms with E-state index in [2.05, 4.69) is 19.2 Å². The lowest BCUT2D eigenvalue weighted by Gasteiger charge is -2.16. The maximum atomic E-state index is 12.2. The van der Waals surface area contributed by atoms with Gasteiger partial charge in [-0.25, -0.2) is 0 Å². The second-order valence-corrected chi connectivity index (χ2v) is 8.02. The van der Waals surface area contributed by atoms with Gasteiger partial charge in [-0.3, -0.25) is 14.4 Å². The van der Waals surface area contributed by atoms with Crippen LogP contribution in [0.2, 0.25) is 0 Å². The summed E-state index contributed by atoms with van der Waals surface area (Å²) in [6.07, 6.45) is 0.0420. The molecule has 0 radical (unpaired) electrons. The number of hydrogen-bond donors (Lipinski definition) is 1. The molecule has 0 saturated heterocycles. The van der Waals surface area contributed by atoms with Crippen molar-refractivity contribution in [2.75, 3.05) is 11.9 Å². The highest BCUT2D eigenvalue weighted by Crippen LogP contribution is 2.27. The number of esters is 1. The highest BCUT2D eigenvalue weighted by Gasteiger charge is 2.15. The number of thiophene rings is 1. The third-order valence-corrected chi connectivity index (χ3v) is 5.17. The van der Waals surface area contributed by atoms with Crippen LogP contribution in [0.1, 0.15) is 58.3 Å². The van der Waals surface area contributed by atoms with Crippen LogP contribution in [0.25, 0.3) is 0 Å². The standard InChI is InChI=1S/C21H25NO4S/c1-13(2)16-7-5-6-14(3)21(16)22-19(24)12-26-20(25)11-9-17(23)18-10-8-15(4)27-18/h5-8,10,13H,9,11-12H2,1-4H3,(H,22,24). The number of aryl methyl sites for hydroxylation is 2. The predicted molar refractivity (Wildman–Crippen MR) is 107 cm³/mol. The Bertz CT molecular complexity index is 838. The Morgan fingerprint density at radius 3 is 2.44 bits per heavy atom. The minimum absolute atomic E-state index is 0.0370. The van der Waals surface area contributed by atoms with Crippen molar-refractivity contribution < 1.29 is 19.1 Å². The van der Waals surface area contributed by atoms with Crippen LogP contribution < -0.4 is 5.32 Å². The summed E-state index contributed by atoms with van der Waals surface area (Å²) in [6.45, 7) is 7.59. The second kappa shape index (κ2) is 9.46. The number of anilines is 1. The third kappa shape index (κ3) is 6.03. The van der Waals surface area contributed by atoms with Gasteiger partial charge in [-0.15, -0.1) is 11.3 Å². The summed E-state index contributed by atoms with van der Waals surface area (Å²) >= 11 is 1.41. The lowest BCUT2D eigenvalue weighted by atomic mass is 9.98. The molecule has 2 rings (SSSR count). The quantitative estimate of drug-likeness (QED) is 0.529. The van der Waals surface area contributed by atoms with Crippen molar-refractivity contribution in [3.63, 3.8) is 0 Å². The fourth-order valence-electron chi connectivity index (χ4n) is 2.66. The average molecular weight is 388 g/mol. The SMILES string of the molecule is Cc1ccc(C(=O)CCC(=O)OCC(=O)Nc2c(C)cccc2C(C)C)s1. The van der Waals surface area contributed by atoms with Gasteiger partial charge in [0.1, 0.15) is 0 Å². The van der Waals surface area contributed by atoms with Crippen LogP contribution in [-0.2, 0) is 14.3 Å². The molecule has 0 spiro atoms. The van der Waals surface area contributed by atoms with E-state index < -0.39 is 5.97 Å². The monoisotopic (exact) mass is 387 g/mol. The van der Waals surface area contributed by atoms with Crippen LogP contribution in [0.15, 0.2) is 30.3 Å². The van der Waals surface area contributed by atoms with E-state index in [9.17, 15) is 14.4 Å². The first-order valence-electron chi connectivity index (χ1n) is 8.92. The molecule has 2 aromatic rings. The zero-order chi connectivity index (χ0) is 20.0. The first-order valence-corrected chi connectivity index (χ1v) is 9.74. The predicted octanol–water partition coefficient (Wildman–Crippen LogP) is 4.63. The topological polar surface area (TPSA) is 72.5 Å². The summed E-state index contributed by atoms with van der Waals surface area (Å²) in [7, 11) is 0. The van der Waals surface area contributed by atoms with Crippen molar-refractivity contribution in [3.05, 3.63) is 51.2 Å². The van der Waals surface area contributed by atoms with Gasteiger partial charge in [0.15, 0.2) is 12.4 Å². The zero-order valence-corrected chi connectivity index (χ0v) is 16.9. The van der Waals surface area contributed by atoms with E-state index >= 15 is 0 Å². The van der Waals surface area contributed by atoms with E-state index in [1.165, 1.54) is 11.3 Å². The Kier molecular flexibility index (Phi) is 7.30. The Morgan fingerprint density at radius 1 is 1.07 bits per heavy atom. The number of Topliss-reactive ketones (excluding diaryl/α,β-unsaturated/α-hetero) is 1. The number of amides is 1. The number of nitrogens with one attached hydrogen (secondary N) is 1. The Hall–Kier alpha value is -2.47. The lowest BCUT2D eigenvalue weighted by molar-refractivity contribution is -0.147. The number of rotatable bonds is 8. The molecule has 0 aliphatic carbocycles. The number of hydrogen-bond acceptors (Lipinski definition) is 5. The molecule has 0 unspecified atom stereocenters. The summed E-state index contributed by atoms with van der Waals surface area (Å²) in [6, 6.07) is 9.47. The highest BCUT2D eigenvalue weighted by atomic mass is 32.1. The van der Waals surface area contributed by atoms with Crippen molar-refractivity contribution in [2.24, 2.45) is 0 Å². The van der Waals surface area contributed by atoms with Gasteiger partial charge in [-0.05, 0) is 43.0 Å². The molecule has 1 N–H and O–H groups in total. The third-order valence-electron chi connectivity index (χ3n) is 4.13. The zero-order valence-electron chi connectivity index (χ0n) is 16.1. The van der Waals surface area contributed by atoms with Gasteiger partial charge in [0.05, 0.1) is 11.3 Å². The van der Waals surface area contributed by atoms with Gasteiger partial charge in [0.2, 0.25) is 0 Å². The maximum absolute atomic E-state index is 12.2. The summed E-state index contributed by atoms with van der Waals surface area (Å²) in [5, 5.41) is 2.83. The van der Waals surface area contributed by atoms with Crippen LogP contribution in [0.5, 0.6) is 0 Å². The summed E-state index contributed by atoms with van der Waals surface area (Å²) < 4.78 is 5.01. The molecule has 0 atom stereocenters. The van der Waals surface area contributed by atoms with Crippen LogP contribution in [0.3, 0.4) is 0 Å². The van der Waals surface area contributed by atoms with Crippen LogP contribution >= 0.6 is 11.3 Å². The Balaban J connectivity index is 1.82. The first-order chi connectivity index (χ1) is 12.8. The number of carbonyl (C=O) groups excluding carboxylic acids is 3.